The molecule has 0 N–H and O–H groups in total. The summed E-state index contributed by atoms with van der Waals surface area (Å²) in [5, 5.41) is 18.7. The van der Waals surface area contributed by atoms with Crippen LogP contribution in [0.25, 0.3) is 142 Å². The Kier molecular flexibility index (Phi) is 9.63. The molecule has 0 amide bonds. The van der Waals surface area contributed by atoms with E-state index in [9.17, 15) is 0 Å². The Bertz CT molecular complexity index is 5660. The Morgan fingerprint density at radius 3 is 1.01 bits per heavy atom. The number of fused-ring (bicyclic) bond motifs is 22. The van der Waals surface area contributed by atoms with E-state index in [1.54, 1.807) is 0 Å². The van der Waals surface area contributed by atoms with E-state index in [4.69, 9.17) is 8.83 Å². The average Bonchev–Trinajstić information content (AvgIpc) is 1.71. The zero-order valence-electron chi connectivity index (χ0n) is 47.9. The predicted octanol–water partition coefficient (Wildman–Crippen LogP) is 23.3. The lowest BCUT2D eigenvalue weighted by molar-refractivity contribution is 0.664. The molecule has 0 bridgehead atoms. The second-order valence-electron chi connectivity index (χ2n) is 24.4. The molecule has 0 aliphatic heterocycles. The van der Waals surface area contributed by atoms with Crippen molar-refractivity contribution in [1.82, 2.24) is 8.80 Å². The summed E-state index contributed by atoms with van der Waals surface area (Å²) in [6.07, 6.45) is 0. The summed E-state index contributed by atoms with van der Waals surface area (Å²) < 4.78 is 19.3. The van der Waals surface area contributed by atoms with Gasteiger partial charge < -0.3 is 27.4 Å². The van der Waals surface area contributed by atoms with Crippen LogP contribution in [-0.4, -0.2) is 8.80 Å². The number of para-hydroxylation sites is 4. The highest BCUT2D eigenvalue weighted by Crippen LogP contribution is 2.51. The van der Waals surface area contributed by atoms with Crippen molar-refractivity contribution in [3.63, 3.8) is 0 Å². The van der Waals surface area contributed by atoms with Gasteiger partial charge >= 0.3 is 0 Å². The molecule has 6 heterocycles. The highest BCUT2D eigenvalue weighted by Gasteiger charge is 2.27. The largest absolute Gasteiger partial charge is 0.456 e. The summed E-state index contributed by atoms with van der Waals surface area (Å²) in [6.45, 7) is 9.03. The van der Waals surface area contributed by atoms with E-state index < -0.39 is 0 Å². The maximum absolute atomic E-state index is 7.22. The lowest BCUT2D eigenvalue weighted by Crippen LogP contribution is -2.10. The summed E-state index contributed by atoms with van der Waals surface area (Å²) in [5.74, 6) is 0.803. The third-order valence-corrected chi connectivity index (χ3v) is 19.1. The van der Waals surface area contributed by atoms with Crippen LogP contribution in [0.5, 0.6) is 0 Å². The lowest BCUT2D eigenvalue weighted by atomic mass is 9.98. The molecule has 0 unspecified atom stereocenters. The molecule has 86 heavy (non-hydrogen) atoms. The summed E-state index contributed by atoms with van der Waals surface area (Å²) >= 11 is 0. The molecule has 0 aliphatic rings. The second-order valence-corrected chi connectivity index (χ2v) is 24.4. The van der Waals surface area contributed by atoms with Gasteiger partial charge in [-0.15, -0.1) is 0 Å². The molecular weight excluding hydrogens is 1050 g/mol. The standard InChI is InChI=1S/C80H54N4O2/c1-45(2)47-27-31-49(32-28-47)81(51-35-37-69-63(39-51)61-23-13-21-59-55-17-9-11-25-67(55)83(69)79(59)61)71-43-75-77(57-19-7-5-15-53(57)71)65-41-74-66(42-73(65)85-75)78-58-20-8-6-16-54(58)72(44-76(78)86-74)82(50-33-29-48(30-34-50)46(3)4)52-36-38-70-64(40-52)62-24-14-22-60-56-18-10-12-26-68(56)84(70)80(60)62/h5-46H,1-4H3. The molecule has 0 saturated carbocycles. The third-order valence-electron chi connectivity index (χ3n) is 19.1. The highest BCUT2D eigenvalue weighted by atomic mass is 16.3. The van der Waals surface area contributed by atoms with Crippen LogP contribution in [-0.2, 0) is 0 Å². The van der Waals surface area contributed by atoms with Gasteiger partial charge in [0, 0.05) is 110 Å². The SMILES string of the molecule is CC(C)c1ccc(N(c2ccc3c(c2)c2cccc4c5ccccc5n3c42)c2cc3oc4cc5c(cc4c3c3ccccc23)oc2cc(N(c3ccc(C(C)C)cc3)c3ccc4c(c3)c3cccc6c7ccccc7n4c63)c3ccccc3c25)cc1. The minimum absolute atomic E-state index is 0.401. The van der Waals surface area contributed by atoms with Crippen molar-refractivity contribution in [3.8, 4) is 0 Å². The second kappa shape index (κ2) is 17.4. The first kappa shape index (κ1) is 47.6. The molecule has 13 aromatic carbocycles. The summed E-state index contributed by atoms with van der Waals surface area (Å²) in [5.41, 5.74) is 19.7. The van der Waals surface area contributed by atoms with Crippen LogP contribution in [0.2, 0.25) is 0 Å². The molecule has 406 valence electrons. The topological polar surface area (TPSA) is 41.6 Å². The van der Waals surface area contributed by atoms with Gasteiger partial charge in [0.2, 0.25) is 0 Å². The van der Waals surface area contributed by atoms with Crippen LogP contribution in [0.15, 0.2) is 251 Å². The van der Waals surface area contributed by atoms with Gasteiger partial charge in [-0.3, -0.25) is 0 Å². The van der Waals surface area contributed by atoms with E-state index in [2.05, 4.69) is 289 Å². The minimum Gasteiger partial charge on any atom is -0.456 e. The molecular formula is C80H54N4O2. The van der Waals surface area contributed by atoms with Crippen LogP contribution in [0, 0.1) is 0 Å². The number of aromatic nitrogens is 2. The normalized spacial score (nSPS) is 12.6. The van der Waals surface area contributed by atoms with Gasteiger partial charge in [-0.25, -0.2) is 0 Å². The fourth-order valence-electron chi connectivity index (χ4n) is 15.1. The number of anilines is 6. The van der Waals surface area contributed by atoms with Crippen molar-refractivity contribution in [2.45, 2.75) is 39.5 Å². The van der Waals surface area contributed by atoms with Crippen molar-refractivity contribution in [1.29, 1.82) is 0 Å². The maximum Gasteiger partial charge on any atom is 0.138 e. The quantitative estimate of drug-likeness (QED) is 0.152. The Balaban J connectivity index is 0.805. The summed E-state index contributed by atoms with van der Waals surface area (Å²) in [4.78, 5) is 4.86. The third kappa shape index (κ3) is 6.45. The first-order valence-corrected chi connectivity index (χ1v) is 30.1. The lowest BCUT2D eigenvalue weighted by Gasteiger charge is -2.27. The Morgan fingerprint density at radius 2 is 0.605 bits per heavy atom. The monoisotopic (exact) mass is 1100 g/mol. The fourth-order valence-corrected chi connectivity index (χ4v) is 15.1. The Labute approximate surface area is 493 Å². The maximum atomic E-state index is 7.22. The van der Waals surface area contributed by atoms with Gasteiger partial charge in [0.1, 0.15) is 22.3 Å². The molecule has 6 heteroatoms. The van der Waals surface area contributed by atoms with E-state index >= 15 is 0 Å². The van der Waals surface area contributed by atoms with Crippen molar-refractivity contribution in [3.05, 3.63) is 254 Å². The first-order valence-electron chi connectivity index (χ1n) is 30.1. The van der Waals surface area contributed by atoms with E-state index in [0.717, 1.165) is 99.5 Å². The molecule has 0 radical (unpaired) electrons. The number of nitrogens with zero attached hydrogens (tertiary/aromatic N) is 4. The number of furan rings is 2. The van der Waals surface area contributed by atoms with Crippen LogP contribution >= 0.6 is 0 Å². The Morgan fingerprint density at radius 1 is 0.267 bits per heavy atom. The fraction of sp³-hybridized carbons (Fsp3) is 0.0750. The van der Waals surface area contributed by atoms with Crippen LogP contribution < -0.4 is 9.80 Å². The van der Waals surface area contributed by atoms with Crippen molar-refractivity contribution >= 4 is 176 Å². The van der Waals surface area contributed by atoms with E-state index in [-0.39, 0.29) is 0 Å². The van der Waals surface area contributed by atoms with E-state index in [1.807, 2.05) is 0 Å². The molecule has 0 fully saturated rings. The van der Waals surface area contributed by atoms with Crippen molar-refractivity contribution < 1.29 is 8.83 Å². The zero-order valence-corrected chi connectivity index (χ0v) is 47.9. The molecule has 19 aromatic rings. The first-order chi connectivity index (χ1) is 42.3. The predicted molar refractivity (Wildman–Crippen MR) is 363 cm³/mol. The summed E-state index contributed by atoms with van der Waals surface area (Å²) in [6, 6.07) is 89.9. The highest BCUT2D eigenvalue weighted by molar-refractivity contribution is 6.29. The van der Waals surface area contributed by atoms with E-state index in [1.165, 1.54) is 87.3 Å². The van der Waals surface area contributed by atoms with Gasteiger partial charge in [-0.05, 0) is 119 Å². The molecule has 0 atom stereocenters. The number of hydrogen-bond acceptors (Lipinski definition) is 4. The molecule has 6 nitrogen and oxygen atoms in total. The smallest absolute Gasteiger partial charge is 0.138 e. The minimum atomic E-state index is 0.401. The van der Waals surface area contributed by atoms with Gasteiger partial charge in [-0.2, -0.15) is 0 Å². The van der Waals surface area contributed by atoms with Crippen LogP contribution in [0.4, 0.5) is 34.1 Å². The van der Waals surface area contributed by atoms with Crippen LogP contribution in [0.3, 0.4) is 0 Å². The van der Waals surface area contributed by atoms with Crippen LogP contribution in [0.1, 0.15) is 50.7 Å². The number of hydrogen-bond donors (Lipinski definition) is 0. The van der Waals surface area contributed by atoms with Crippen molar-refractivity contribution in [2.24, 2.45) is 0 Å². The van der Waals surface area contributed by atoms with Gasteiger partial charge in [0.25, 0.3) is 0 Å². The summed E-state index contributed by atoms with van der Waals surface area (Å²) in [7, 11) is 0. The average molecular weight is 1100 g/mol. The van der Waals surface area contributed by atoms with Crippen molar-refractivity contribution in [2.75, 3.05) is 9.80 Å². The van der Waals surface area contributed by atoms with Gasteiger partial charge in [-0.1, -0.05) is 173 Å². The van der Waals surface area contributed by atoms with Gasteiger partial charge in [0.15, 0.2) is 0 Å². The molecule has 6 aromatic heterocycles. The molecule has 0 spiro atoms. The number of rotatable bonds is 8. The van der Waals surface area contributed by atoms with E-state index in [0.29, 0.717) is 11.8 Å². The zero-order chi connectivity index (χ0) is 56.8. The van der Waals surface area contributed by atoms with Gasteiger partial charge in [0.05, 0.1) is 44.5 Å². The molecule has 0 aliphatic carbocycles. The Hall–Kier alpha value is -10.8. The number of benzene rings is 13. The molecule has 19 rings (SSSR count). The molecule has 0 saturated heterocycles.